The maximum Gasteiger partial charge on any atom is 0.205 e. The van der Waals surface area contributed by atoms with Crippen LogP contribution in [-0.2, 0) is 6.54 Å². The molecule has 2 rings (SSSR count). The Hall–Kier alpha value is -0.720. The van der Waals surface area contributed by atoms with Gasteiger partial charge in [0.1, 0.15) is 5.01 Å². The average molecular weight is 270 g/mol. The predicted molar refractivity (Wildman–Crippen MR) is 73.8 cm³/mol. The molecule has 0 bridgehead atoms. The first-order chi connectivity index (χ1) is 8.81. The van der Waals surface area contributed by atoms with Crippen molar-refractivity contribution in [1.82, 2.24) is 15.1 Å². The number of likely N-dealkylation sites (tertiary alicyclic amines) is 1. The molecule has 0 aliphatic carbocycles. The van der Waals surface area contributed by atoms with Crippen molar-refractivity contribution in [3.05, 3.63) is 5.01 Å². The number of nitrogens with zero attached hydrogens (tertiary/aromatic N) is 3. The van der Waals surface area contributed by atoms with Gasteiger partial charge in [-0.1, -0.05) is 18.3 Å². The summed E-state index contributed by atoms with van der Waals surface area (Å²) in [5.74, 6) is 0.653. The highest BCUT2D eigenvalue weighted by atomic mass is 32.1. The van der Waals surface area contributed by atoms with Gasteiger partial charge in [-0.3, -0.25) is 4.90 Å². The van der Waals surface area contributed by atoms with Gasteiger partial charge in [0, 0.05) is 19.7 Å². The summed E-state index contributed by atoms with van der Waals surface area (Å²) in [6.07, 6.45) is 3.22. The van der Waals surface area contributed by atoms with Gasteiger partial charge in [0.15, 0.2) is 0 Å². The number of anilines is 1. The fraction of sp³-hybridized carbons (Fsp3) is 0.833. The SMILES string of the molecule is CCCNc1nnc(CN2CCC(CCO)C2)s1. The Kier molecular flexibility index (Phi) is 5.34. The van der Waals surface area contributed by atoms with Crippen LogP contribution in [0, 0.1) is 5.92 Å². The normalized spacial score (nSPS) is 20.4. The Bertz CT molecular complexity index is 358. The van der Waals surface area contributed by atoms with E-state index in [0.717, 1.165) is 49.2 Å². The lowest BCUT2D eigenvalue weighted by Gasteiger charge is -2.13. The summed E-state index contributed by atoms with van der Waals surface area (Å²) in [7, 11) is 0. The second kappa shape index (κ2) is 7.01. The Morgan fingerprint density at radius 1 is 1.50 bits per heavy atom. The number of hydrogen-bond donors (Lipinski definition) is 2. The molecule has 102 valence electrons. The highest BCUT2D eigenvalue weighted by Gasteiger charge is 2.22. The van der Waals surface area contributed by atoms with Gasteiger partial charge in [-0.25, -0.2) is 0 Å². The molecule has 0 aromatic carbocycles. The fourth-order valence-electron chi connectivity index (χ4n) is 2.29. The molecule has 5 nitrogen and oxygen atoms in total. The van der Waals surface area contributed by atoms with Crippen LogP contribution in [0.4, 0.5) is 5.13 Å². The van der Waals surface area contributed by atoms with E-state index in [1.165, 1.54) is 6.42 Å². The van der Waals surface area contributed by atoms with E-state index < -0.39 is 0 Å². The molecule has 0 spiro atoms. The van der Waals surface area contributed by atoms with Crippen molar-refractivity contribution in [1.29, 1.82) is 0 Å². The minimum Gasteiger partial charge on any atom is -0.396 e. The molecule has 0 radical (unpaired) electrons. The minimum atomic E-state index is 0.308. The number of rotatable bonds is 7. The summed E-state index contributed by atoms with van der Waals surface area (Å²) in [6, 6.07) is 0. The quantitative estimate of drug-likeness (QED) is 0.787. The van der Waals surface area contributed by atoms with Crippen molar-refractivity contribution < 1.29 is 5.11 Å². The highest BCUT2D eigenvalue weighted by molar-refractivity contribution is 7.15. The highest BCUT2D eigenvalue weighted by Crippen LogP contribution is 2.23. The van der Waals surface area contributed by atoms with Crippen LogP contribution in [0.2, 0.25) is 0 Å². The number of aliphatic hydroxyl groups excluding tert-OH is 1. The van der Waals surface area contributed by atoms with Crippen LogP contribution in [-0.4, -0.2) is 46.4 Å². The van der Waals surface area contributed by atoms with E-state index in [4.69, 9.17) is 5.11 Å². The molecule has 0 saturated carbocycles. The van der Waals surface area contributed by atoms with Gasteiger partial charge in [-0.2, -0.15) is 0 Å². The third-order valence-electron chi connectivity index (χ3n) is 3.26. The summed E-state index contributed by atoms with van der Waals surface area (Å²) >= 11 is 1.65. The molecule has 1 aliphatic rings. The molecule has 1 unspecified atom stereocenters. The molecule has 2 N–H and O–H groups in total. The molecule has 2 heterocycles. The number of hydrogen-bond acceptors (Lipinski definition) is 6. The zero-order valence-electron chi connectivity index (χ0n) is 10.9. The number of aromatic nitrogens is 2. The second-order valence-corrected chi connectivity index (χ2v) is 5.89. The molecule has 1 fully saturated rings. The third kappa shape index (κ3) is 3.90. The van der Waals surface area contributed by atoms with Gasteiger partial charge < -0.3 is 10.4 Å². The first kappa shape index (κ1) is 13.7. The Morgan fingerprint density at radius 2 is 2.39 bits per heavy atom. The van der Waals surface area contributed by atoms with Gasteiger partial charge in [0.05, 0.1) is 6.54 Å². The van der Waals surface area contributed by atoms with Gasteiger partial charge in [0.2, 0.25) is 5.13 Å². The number of nitrogens with one attached hydrogen (secondary N) is 1. The Balaban J connectivity index is 1.77. The first-order valence-corrected chi connectivity index (χ1v) is 7.53. The van der Waals surface area contributed by atoms with Crippen molar-refractivity contribution in [2.24, 2.45) is 5.92 Å². The van der Waals surface area contributed by atoms with Gasteiger partial charge in [0.25, 0.3) is 0 Å². The predicted octanol–water partition coefficient (Wildman–Crippen LogP) is 1.56. The zero-order valence-corrected chi connectivity index (χ0v) is 11.7. The van der Waals surface area contributed by atoms with Crippen LogP contribution in [0.25, 0.3) is 0 Å². The summed E-state index contributed by atoms with van der Waals surface area (Å²) in [5.41, 5.74) is 0. The lowest BCUT2D eigenvalue weighted by Crippen LogP contribution is -2.20. The molecule has 1 atom stereocenters. The molecule has 0 amide bonds. The molecular weight excluding hydrogens is 248 g/mol. The molecule has 1 aromatic heterocycles. The maximum atomic E-state index is 8.94. The van der Waals surface area contributed by atoms with E-state index in [2.05, 4.69) is 27.3 Å². The summed E-state index contributed by atoms with van der Waals surface area (Å²) in [5, 5.41) is 22.6. The Labute approximate surface area is 112 Å². The van der Waals surface area contributed by atoms with Crippen LogP contribution in [0.3, 0.4) is 0 Å². The van der Waals surface area contributed by atoms with E-state index in [1.807, 2.05) is 0 Å². The van der Waals surface area contributed by atoms with Crippen LogP contribution in [0.5, 0.6) is 0 Å². The average Bonchev–Trinajstić information content (AvgIpc) is 2.98. The topological polar surface area (TPSA) is 61.3 Å². The van der Waals surface area contributed by atoms with Gasteiger partial charge in [-0.05, 0) is 31.7 Å². The summed E-state index contributed by atoms with van der Waals surface area (Å²) in [6.45, 7) is 6.49. The number of aliphatic hydroxyl groups is 1. The lowest BCUT2D eigenvalue weighted by molar-refractivity contribution is 0.249. The molecule has 1 saturated heterocycles. The zero-order chi connectivity index (χ0) is 12.8. The van der Waals surface area contributed by atoms with Gasteiger partial charge >= 0.3 is 0 Å². The maximum absolute atomic E-state index is 8.94. The fourth-order valence-corrected chi connectivity index (χ4v) is 3.09. The van der Waals surface area contributed by atoms with Crippen LogP contribution in [0.15, 0.2) is 0 Å². The van der Waals surface area contributed by atoms with Crippen molar-refractivity contribution in [2.45, 2.75) is 32.7 Å². The molecule has 1 aliphatic heterocycles. The van der Waals surface area contributed by atoms with Crippen molar-refractivity contribution in [2.75, 3.05) is 31.6 Å². The first-order valence-electron chi connectivity index (χ1n) is 6.71. The van der Waals surface area contributed by atoms with Crippen LogP contribution >= 0.6 is 11.3 Å². The van der Waals surface area contributed by atoms with Crippen molar-refractivity contribution >= 4 is 16.5 Å². The second-order valence-electron chi connectivity index (χ2n) is 4.83. The van der Waals surface area contributed by atoms with Crippen molar-refractivity contribution in [3.63, 3.8) is 0 Å². The van der Waals surface area contributed by atoms with Crippen LogP contribution in [0.1, 0.15) is 31.2 Å². The largest absolute Gasteiger partial charge is 0.396 e. The lowest BCUT2D eigenvalue weighted by atomic mass is 10.1. The van der Waals surface area contributed by atoms with Crippen molar-refractivity contribution in [3.8, 4) is 0 Å². The molecule has 6 heteroatoms. The smallest absolute Gasteiger partial charge is 0.205 e. The summed E-state index contributed by atoms with van der Waals surface area (Å²) in [4.78, 5) is 2.41. The molecular formula is C12H22N4OS. The van der Waals surface area contributed by atoms with Crippen LogP contribution < -0.4 is 5.32 Å². The van der Waals surface area contributed by atoms with E-state index in [0.29, 0.717) is 12.5 Å². The van der Waals surface area contributed by atoms with E-state index in [-0.39, 0.29) is 0 Å². The summed E-state index contributed by atoms with van der Waals surface area (Å²) < 4.78 is 0. The van der Waals surface area contributed by atoms with E-state index in [9.17, 15) is 0 Å². The monoisotopic (exact) mass is 270 g/mol. The Morgan fingerprint density at radius 3 is 3.17 bits per heavy atom. The molecule has 1 aromatic rings. The van der Waals surface area contributed by atoms with E-state index in [1.54, 1.807) is 11.3 Å². The van der Waals surface area contributed by atoms with Gasteiger partial charge in [-0.15, -0.1) is 10.2 Å². The standard InChI is InChI=1S/C12H22N4OS/c1-2-5-13-12-15-14-11(18-12)9-16-6-3-10(8-16)4-7-17/h10,17H,2-9H2,1H3,(H,13,15). The minimum absolute atomic E-state index is 0.308. The third-order valence-corrected chi connectivity index (χ3v) is 4.12. The van der Waals surface area contributed by atoms with E-state index >= 15 is 0 Å². The molecule has 18 heavy (non-hydrogen) atoms.